The summed E-state index contributed by atoms with van der Waals surface area (Å²) in [6.07, 6.45) is 0. The molecule has 5 heteroatoms. The normalized spacial score (nSPS) is 11.9. The van der Waals surface area contributed by atoms with Gasteiger partial charge in [-0.1, -0.05) is 71.9 Å². The molecular formula is C24H21NO3S. The molecule has 0 N–H and O–H groups in total. The predicted octanol–water partition coefficient (Wildman–Crippen LogP) is 5.47. The fourth-order valence-corrected chi connectivity index (χ4v) is 4.30. The molecule has 0 fully saturated rings. The summed E-state index contributed by atoms with van der Waals surface area (Å²) in [5.74, 6) is 2.12. The molecule has 0 unspecified atom stereocenters. The molecule has 1 heterocycles. The summed E-state index contributed by atoms with van der Waals surface area (Å²) in [5.41, 5.74) is 4.89. The lowest BCUT2D eigenvalue weighted by Crippen LogP contribution is -1.98. The average Bonchev–Trinajstić information content (AvgIpc) is 3.23. The summed E-state index contributed by atoms with van der Waals surface area (Å²) in [5, 5.41) is 4.11. The van der Waals surface area contributed by atoms with Gasteiger partial charge in [0.25, 0.3) is 0 Å². The third-order valence-electron chi connectivity index (χ3n) is 4.63. The minimum absolute atomic E-state index is 0.322. The minimum Gasteiger partial charge on any atom is -0.496 e. The van der Waals surface area contributed by atoms with E-state index in [0.717, 1.165) is 22.4 Å². The number of aromatic nitrogens is 1. The largest absolute Gasteiger partial charge is 0.496 e. The van der Waals surface area contributed by atoms with E-state index >= 15 is 0 Å². The molecule has 0 aliphatic rings. The van der Waals surface area contributed by atoms with Crippen molar-refractivity contribution in [2.45, 2.75) is 11.5 Å². The summed E-state index contributed by atoms with van der Waals surface area (Å²) >= 11 is 0. The van der Waals surface area contributed by atoms with Crippen LogP contribution in [0.1, 0.15) is 11.3 Å². The Balaban J connectivity index is 1.41. The zero-order chi connectivity index (χ0) is 20.1. The smallest absolute Gasteiger partial charge is 0.149 e. The Morgan fingerprint density at radius 2 is 1.55 bits per heavy atom. The first-order valence-corrected chi connectivity index (χ1v) is 10.8. The van der Waals surface area contributed by atoms with Gasteiger partial charge in [0.2, 0.25) is 0 Å². The van der Waals surface area contributed by atoms with Crippen LogP contribution >= 0.6 is 0 Å². The van der Waals surface area contributed by atoms with E-state index in [1.165, 1.54) is 5.56 Å². The Labute approximate surface area is 172 Å². The van der Waals surface area contributed by atoms with Gasteiger partial charge in [0.15, 0.2) is 0 Å². The predicted molar refractivity (Wildman–Crippen MR) is 116 cm³/mol. The Bertz CT molecular complexity index is 1100. The number of hydrogen-bond acceptors (Lipinski definition) is 4. The molecule has 3 aromatic carbocycles. The van der Waals surface area contributed by atoms with E-state index in [4.69, 9.17) is 9.26 Å². The molecule has 0 saturated carbocycles. The summed E-state index contributed by atoms with van der Waals surface area (Å²) in [6, 6.07) is 27.8. The van der Waals surface area contributed by atoms with Gasteiger partial charge in [0.1, 0.15) is 17.2 Å². The van der Waals surface area contributed by atoms with Crippen LogP contribution in [0.3, 0.4) is 0 Å². The Kier molecular flexibility index (Phi) is 5.86. The number of nitrogens with zero attached hydrogens (tertiary/aromatic N) is 1. The Morgan fingerprint density at radius 3 is 2.31 bits per heavy atom. The molecule has 29 heavy (non-hydrogen) atoms. The van der Waals surface area contributed by atoms with Gasteiger partial charge in [-0.3, -0.25) is 4.21 Å². The first-order chi connectivity index (χ1) is 14.2. The fraction of sp³-hybridized carbons (Fsp3) is 0.125. The van der Waals surface area contributed by atoms with E-state index in [1.807, 2.05) is 60.7 Å². The maximum atomic E-state index is 12.6. The highest BCUT2D eigenvalue weighted by Crippen LogP contribution is 2.29. The van der Waals surface area contributed by atoms with Gasteiger partial charge in [0.05, 0.1) is 12.9 Å². The van der Waals surface area contributed by atoms with Crippen molar-refractivity contribution in [2.24, 2.45) is 0 Å². The maximum absolute atomic E-state index is 12.6. The Morgan fingerprint density at radius 1 is 0.862 bits per heavy atom. The molecule has 0 aliphatic carbocycles. The Hall–Kier alpha value is -3.18. The number of rotatable bonds is 7. The molecule has 146 valence electrons. The summed E-state index contributed by atoms with van der Waals surface area (Å²) in [4.78, 5) is 0. The van der Waals surface area contributed by atoms with E-state index < -0.39 is 10.8 Å². The van der Waals surface area contributed by atoms with E-state index in [0.29, 0.717) is 23.0 Å². The quantitative estimate of drug-likeness (QED) is 0.411. The van der Waals surface area contributed by atoms with E-state index in [9.17, 15) is 4.21 Å². The fourth-order valence-electron chi connectivity index (χ4n) is 3.18. The summed E-state index contributed by atoms with van der Waals surface area (Å²) in [6.45, 7) is 0. The summed E-state index contributed by atoms with van der Waals surface area (Å²) in [7, 11) is 0.535. The number of ether oxygens (including phenoxy) is 1. The van der Waals surface area contributed by atoms with Crippen molar-refractivity contribution in [3.8, 4) is 28.1 Å². The van der Waals surface area contributed by atoms with E-state index in [1.54, 1.807) is 7.11 Å². The van der Waals surface area contributed by atoms with Crippen LogP contribution in [0.4, 0.5) is 0 Å². The second kappa shape index (κ2) is 8.88. The molecule has 1 atom stereocenters. The van der Waals surface area contributed by atoms with Gasteiger partial charge in [-0.05, 0) is 28.8 Å². The number of benzene rings is 3. The molecule has 0 spiro atoms. The molecule has 1 aromatic heterocycles. The first-order valence-electron chi connectivity index (χ1n) is 9.31. The van der Waals surface area contributed by atoms with Crippen molar-refractivity contribution < 1.29 is 13.5 Å². The monoisotopic (exact) mass is 403 g/mol. The van der Waals surface area contributed by atoms with Gasteiger partial charge in [-0.2, -0.15) is 0 Å². The molecule has 0 amide bonds. The highest BCUT2D eigenvalue weighted by atomic mass is 32.2. The molecule has 4 aromatic rings. The minimum atomic E-state index is -1.09. The van der Waals surface area contributed by atoms with Crippen LogP contribution in [0, 0.1) is 0 Å². The van der Waals surface area contributed by atoms with Crippen molar-refractivity contribution >= 4 is 10.8 Å². The van der Waals surface area contributed by atoms with Crippen molar-refractivity contribution in [3.05, 3.63) is 96.3 Å². The maximum Gasteiger partial charge on any atom is 0.149 e. The SMILES string of the molecule is COc1ccccc1-c1cc(C[S@](=O)Cc2ccc(-c3ccccc3)cc2)on1. The van der Waals surface area contributed by atoms with Crippen molar-refractivity contribution in [1.82, 2.24) is 5.16 Å². The molecule has 0 bridgehead atoms. The van der Waals surface area contributed by atoms with Gasteiger partial charge < -0.3 is 9.26 Å². The average molecular weight is 404 g/mol. The highest BCUT2D eigenvalue weighted by molar-refractivity contribution is 7.83. The number of methoxy groups -OCH3 is 1. The van der Waals surface area contributed by atoms with Crippen LogP contribution in [0.15, 0.2) is 89.5 Å². The lowest BCUT2D eigenvalue weighted by Gasteiger charge is -2.04. The van der Waals surface area contributed by atoms with Gasteiger partial charge in [-0.15, -0.1) is 0 Å². The third kappa shape index (κ3) is 4.63. The standard InChI is InChI=1S/C24H21NO3S/c1-27-24-10-6-5-9-22(24)23-15-21(28-25-23)17-29(26)16-18-11-13-20(14-12-18)19-7-3-2-4-8-19/h2-15H,16-17H2,1H3/t29-/m1/s1. The van der Waals surface area contributed by atoms with Crippen LogP contribution in [-0.4, -0.2) is 16.5 Å². The number of hydrogen-bond donors (Lipinski definition) is 0. The lowest BCUT2D eigenvalue weighted by molar-refractivity contribution is 0.394. The summed E-state index contributed by atoms with van der Waals surface area (Å²) < 4.78 is 23.4. The molecule has 4 nitrogen and oxygen atoms in total. The van der Waals surface area contributed by atoms with Gasteiger partial charge in [-0.25, -0.2) is 0 Å². The van der Waals surface area contributed by atoms with E-state index in [2.05, 4.69) is 29.4 Å². The first kappa shape index (κ1) is 19.2. The molecule has 0 radical (unpaired) electrons. The highest BCUT2D eigenvalue weighted by Gasteiger charge is 2.13. The second-order valence-electron chi connectivity index (χ2n) is 6.67. The second-order valence-corrected chi connectivity index (χ2v) is 8.13. The van der Waals surface area contributed by atoms with Crippen LogP contribution in [0.2, 0.25) is 0 Å². The van der Waals surface area contributed by atoms with Crippen LogP contribution < -0.4 is 4.74 Å². The van der Waals surface area contributed by atoms with Crippen LogP contribution in [-0.2, 0) is 22.3 Å². The zero-order valence-electron chi connectivity index (χ0n) is 16.1. The van der Waals surface area contributed by atoms with E-state index in [-0.39, 0.29) is 0 Å². The van der Waals surface area contributed by atoms with Crippen molar-refractivity contribution in [3.63, 3.8) is 0 Å². The third-order valence-corrected chi connectivity index (χ3v) is 5.90. The van der Waals surface area contributed by atoms with Gasteiger partial charge >= 0.3 is 0 Å². The molecular weight excluding hydrogens is 382 g/mol. The van der Waals surface area contributed by atoms with Crippen LogP contribution in [0.25, 0.3) is 22.4 Å². The molecule has 4 rings (SSSR count). The molecule has 0 aliphatic heterocycles. The number of para-hydroxylation sites is 1. The van der Waals surface area contributed by atoms with Crippen LogP contribution in [0.5, 0.6) is 5.75 Å². The van der Waals surface area contributed by atoms with Crippen molar-refractivity contribution in [2.75, 3.05) is 7.11 Å². The van der Waals surface area contributed by atoms with Gasteiger partial charge in [0, 0.05) is 28.2 Å². The van der Waals surface area contributed by atoms with Crippen molar-refractivity contribution in [1.29, 1.82) is 0 Å². The topological polar surface area (TPSA) is 52.3 Å². The molecule has 0 saturated heterocycles. The lowest BCUT2D eigenvalue weighted by atomic mass is 10.0. The zero-order valence-corrected chi connectivity index (χ0v) is 16.9.